The Kier molecular flexibility index (Phi) is 5.78. The second-order valence-electron chi connectivity index (χ2n) is 5.17. The molecule has 0 unspecified atom stereocenters. The smallest absolute Gasteiger partial charge is 0.0713 e. The summed E-state index contributed by atoms with van der Waals surface area (Å²) in [5.74, 6) is 0. The first kappa shape index (κ1) is 14.8. The highest BCUT2D eigenvalue weighted by Gasteiger charge is 1.97. The van der Waals surface area contributed by atoms with E-state index in [1.54, 1.807) is 7.11 Å². The van der Waals surface area contributed by atoms with Gasteiger partial charge in [0, 0.05) is 13.7 Å². The summed E-state index contributed by atoms with van der Waals surface area (Å²) in [5.41, 5.74) is 5.26. The van der Waals surface area contributed by atoms with E-state index >= 15 is 0 Å². The summed E-state index contributed by atoms with van der Waals surface area (Å²) in [7, 11) is 1.73. The molecule has 2 rings (SSSR count). The van der Waals surface area contributed by atoms with Gasteiger partial charge in [-0.3, -0.25) is 0 Å². The predicted molar refractivity (Wildman–Crippen MR) is 83.7 cm³/mol. The number of hydrogen-bond donors (Lipinski definition) is 1. The van der Waals surface area contributed by atoms with E-state index < -0.39 is 0 Å². The van der Waals surface area contributed by atoms with Crippen molar-refractivity contribution < 1.29 is 4.74 Å². The summed E-state index contributed by atoms with van der Waals surface area (Å²) in [6.45, 7) is 4.72. The zero-order chi connectivity index (χ0) is 14.2. The van der Waals surface area contributed by atoms with Crippen molar-refractivity contribution in [2.75, 3.05) is 13.7 Å². The molecule has 1 N–H and O–H groups in total. The maximum Gasteiger partial charge on any atom is 0.0713 e. The maximum absolute atomic E-state index is 5.16. The van der Waals surface area contributed by atoms with Crippen molar-refractivity contribution in [1.82, 2.24) is 5.32 Å². The lowest BCUT2D eigenvalue weighted by atomic mass is 10.1. The quantitative estimate of drug-likeness (QED) is 0.777. The summed E-state index contributed by atoms with van der Waals surface area (Å²) in [6.07, 6.45) is 1.07. The van der Waals surface area contributed by atoms with Crippen LogP contribution in [0.1, 0.15) is 22.3 Å². The fraction of sp³-hybridized carbons (Fsp3) is 0.333. The highest BCUT2D eigenvalue weighted by Crippen LogP contribution is 2.07. The van der Waals surface area contributed by atoms with Gasteiger partial charge in [-0.05, 0) is 36.6 Å². The van der Waals surface area contributed by atoms with Crippen LogP contribution in [0.4, 0.5) is 0 Å². The van der Waals surface area contributed by atoms with Crippen molar-refractivity contribution in [2.45, 2.75) is 26.5 Å². The molecule has 2 heteroatoms. The van der Waals surface area contributed by atoms with Crippen LogP contribution in [0.15, 0.2) is 48.5 Å². The van der Waals surface area contributed by atoms with E-state index in [4.69, 9.17) is 4.74 Å². The molecule has 0 amide bonds. The van der Waals surface area contributed by atoms with Crippen molar-refractivity contribution in [2.24, 2.45) is 0 Å². The predicted octanol–water partition coefficient (Wildman–Crippen LogP) is 3.47. The van der Waals surface area contributed by atoms with Crippen molar-refractivity contribution in [3.63, 3.8) is 0 Å². The highest BCUT2D eigenvalue weighted by molar-refractivity contribution is 5.24. The Bertz CT molecular complexity index is 536. The molecule has 0 heterocycles. The van der Waals surface area contributed by atoms with Crippen molar-refractivity contribution in [3.8, 4) is 0 Å². The van der Waals surface area contributed by atoms with Crippen molar-refractivity contribution in [3.05, 3.63) is 70.8 Å². The van der Waals surface area contributed by atoms with E-state index in [9.17, 15) is 0 Å². The molecule has 0 fully saturated rings. The largest absolute Gasteiger partial charge is 0.380 e. The number of ether oxygens (including phenoxy) is 1. The number of methoxy groups -OCH3 is 1. The molecule has 0 aliphatic carbocycles. The Morgan fingerprint density at radius 1 is 0.950 bits per heavy atom. The fourth-order valence-corrected chi connectivity index (χ4v) is 2.33. The summed E-state index contributed by atoms with van der Waals surface area (Å²) < 4.78 is 5.16. The maximum atomic E-state index is 5.16. The Balaban J connectivity index is 1.77. The summed E-state index contributed by atoms with van der Waals surface area (Å²) in [4.78, 5) is 0. The van der Waals surface area contributed by atoms with Gasteiger partial charge < -0.3 is 10.1 Å². The summed E-state index contributed by atoms with van der Waals surface area (Å²) in [5, 5.41) is 3.50. The molecule has 20 heavy (non-hydrogen) atoms. The Morgan fingerprint density at radius 3 is 2.50 bits per heavy atom. The Hall–Kier alpha value is -1.64. The van der Waals surface area contributed by atoms with Gasteiger partial charge in [-0.1, -0.05) is 54.1 Å². The number of aryl methyl sites for hydroxylation is 1. The average molecular weight is 269 g/mol. The van der Waals surface area contributed by atoms with Crippen LogP contribution in [0.2, 0.25) is 0 Å². The third-order valence-electron chi connectivity index (χ3n) is 3.30. The zero-order valence-corrected chi connectivity index (χ0v) is 12.4. The Labute approximate surface area is 121 Å². The van der Waals surface area contributed by atoms with Gasteiger partial charge in [-0.2, -0.15) is 0 Å². The normalized spacial score (nSPS) is 10.7. The molecule has 0 saturated carbocycles. The van der Waals surface area contributed by atoms with Gasteiger partial charge in [0.15, 0.2) is 0 Å². The first-order valence-corrected chi connectivity index (χ1v) is 7.11. The summed E-state index contributed by atoms with van der Waals surface area (Å²) in [6, 6.07) is 17.2. The fourth-order valence-electron chi connectivity index (χ4n) is 2.33. The van der Waals surface area contributed by atoms with Gasteiger partial charge >= 0.3 is 0 Å². The van der Waals surface area contributed by atoms with Crippen LogP contribution in [0, 0.1) is 6.92 Å². The lowest BCUT2D eigenvalue weighted by molar-refractivity contribution is 0.185. The highest BCUT2D eigenvalue weighted by atomic mass is 16.5. The number of benzene rings is 2. The van der Waals surface area contributed by atoms with Gasteiger partial charge in [0.05, 0.1) is 6.61 Å². The number of rotatable bonds is 7. The zero-order valence-electron chi connectivity index (χ0n) is 12.4. The molecule has 2 aromatic carbocycles. The molecule has 0 radical (unpaired) electrons. The van der Waals surface area contributed by atoms with Crippen LogP contribution in [-0.4, -0.2) is 13.7 Å². The number of nitrogens with one attached hydrogen (secondary N) is 1. The van der Waals surface area contributed by atoms with Crippen LogP contribution in [0.3, 0.4) is 0 Å². The van der Waals surface area contributed by atoms with Gasteiger partial charge in [-0.15, -0.1) is 0 Å². The molecular formula is C18H23NO. The first-order valence-electron chi connectivity index (χ1n) is 7.11. The molecule has 0 saturated heterocycles. The third kappa shape index (κ3) is 4.80. The molecule has 0 aliphatic heterocycles. The van der Waals surface area contributed by atoms with E-state index in [1.165, 1.54) is 22.3 Å². The second kappa shape index (κ2) is 7.83. The molecule has 0 atom stereocenters. The summed E-state index contributed by atoms with van der Waals surface area (Å²) >= 11 is 0. The molecule has 0 spiro atoms. The van der Waals surface area contributed by atoms with E-state index in [1.807, 2.05) is 0 Å². The lowest BCUT2D eigenvalue weighted by Crippen LogP contribution is -2.16. The minimum atomic E-state index is 0.678. The van der Waals surface area contributed by atoms with E-state index in [2.05, 4.69) is 60.8 Å². The van der Waals surface area contributed by atoms with Crippen LogP contribution < -0.4 is 5.32 Å². The van der Waals surface area contributed by atoms with Crippen molar-refractivity contribution in [1.29, 1.82) is 0 Å². The lowest BCUT2D eigenvalue weighted by Gasteiger charge is -2.07. The van der Waals surface area contributed by atoms with Crippen LogP contribution >= 0.6 is 0 Å². The van der Waals surface area contributed by atoms with Crippen molar-refractivity contribution >= 4 is 0 Å². The molecule has 0 bridgehead atoms. The van der Waals surface area contributed by atoms with Crippen LogP contribution in [-0.2, 0) is 24.3 Å². The molecular weight excluding hydrogens is 246 g/mol. The molecule has 0 aromatic heterocycles. The van der Waals surface area contributed by atoms with Gasteiger partial charge in [0.25, 0.3) is 0 Å². The van der Waals surface area contributed by atoms with Gasteiger partial charge in [0.1, 0.15) is 0 Å². The topological polar surface area (TPSA) is 21.3 Å². The minimum Gasteiger partial charge on any atom is -0.380 e. The second-order valence-corrected chi connectivity index (χ2v) is 5.17. The van der Waals surface area contributed by atoms with Crippen LogP contribution in [0.5, 0.6) is 0 Å². The molecule has 106 valence electrons. The average Bonchev–Trinajstić information content (AvgIpc) is 2.45. The van der Waals surface area contributed by atoms with Gasteiger partial charge in [0.2, 0.25) is 0 Å². The Morgan fingerprint density at radius 2 is 1.70 bits per heavy atom. The minimum absolute atomic E-state index is 0.678. The monoisotopic (exact) mass is 269 g/mol. The van der Waals surface area contributed by atoms with Crippen LogP contribution in [0.25, 0.3) is 0 Å². The van der Waals surface area contributed by atoms with E-state index in [0.29, 0.717) is 6.61 Å². The van der Waals surface area contributed by atoms with E-state index in [0.717, 1.165) is 19.5 Å². The molecule has 0 aliphatic rings. The third-order valence-corrected chi connectivity index (χ3v) is 3.30. The SMILES string of the molecule is COCc1cccc(CNCCc2cccc(C)c2)c1. The molecule has 2 nitrogen and oxygen atoms in total. The van der Waals surface area contributed by atoms with Gasteiger partial charge in [-0.25, -0.2) is 0 Å². The first-order chi connectivity index (χ1) is 9.78. The standard InChI is InChI=1S/C18H23NO/c1-15-5-3-6-16(11-15)9-10-19-13-17-7-4-8-18(12-17)14-20-2/h3-8,11-12,19H,9-10,13-14H2,1-2H3. The van der Waals surface area contributed by atoms with E-state index in [-0.39, 0.29) is 0 Å². The number of hydrogen-bond acceptors (Lipinski definition) is 2. The molecule has 2 aromatic rings.